The third kappa shape index (κ3) is 1.65. The topological polar surface area (TPSA) is 100 Å². The zero-order chi connectivity index (χ0) is 14.6. The maximum absolute atomic E-state index is 12.6. The number of nitrogens with zero attached hydrogens (tertiary/aromatic N) is 2. The Kier molecular flexibility index (Phi) is 2.35. The monoisotopic (exact) mass is 289 g/mol. The molecule has 3 aliphatic rings. The summed E-state index contributed by atoms with van der Waals surface area (Å²) in [6.45, 7) is 0.231. The van der Waals surface area contributed by atoms with E-state index in [4.69, 9.17) is 14.7 Å². The Bertz CT molecular complexity index is 699. The van der Waals surface area contributed by atoms with Crippen LogP contribution in [0.1, 0.15) is 16.8 Å². The van der Waals surface area contributed by atoms with Gasteiger partial charge in [-0.05, 0) is 6.07 Å². The molecule has 108 valence electrons. The van der Waals surface area contributed by atoms with Crippen molar-refractivity contribution in [3.05, 3.63) is 17.7 Å². The number of carbonyl (C=O) groups excluding carboxylic acids is 2. The zero-order valence-corrected chi connectivity index (χ0v) is 10.8. The highest BCUT2D eigenvalue weighted by Gasteiger charge is 2.42. The van der Waals surface area contributed by atoms with E-state index in [1.54, 1.807) is 12.1 Å². The molecule has 1 fully saturated rings. The predicted octanol–water partition coefficient (Wildman–Crippen LogP) is 0.412. The van der Waals surface area contributed by atoms with Crippen LogP contribution in [-0.4, -0.2) is 47.0 Å². The molecule has 1 saturated heterocycles. The van der Waals surface area contributed by atoms with Gasteiger partial charge in [0.1, 0.15) is 6.04 Å². The number of benzene rings is 1. The Morgan fingerprint density at radius 3 is 2.81 bits per heavy atom. The summed E-state index contributed by atoms with van der Waals surface area (Å²) in [7, 11) is 0. The van der Waals surface area contributed by atoms with Gasteiger partial charge in [0.25, 0.3) is 5.91 Å². The average Bonchev–Trinajstić information content (AvgIpc) is 3.09. The lowest BCUT2D eigenvalue weighted by atomic mass is 10.1. The van der Waals surface area contributed by atoms with Crippen LogP contribution in [-0.2, 0) is 4.79 Å². The molecule has 0 bridgehead atoms. The van der Waals surface area contributed by atoms with Gasteiger partial charge < -0.3 is 24.9 Å². The lowest BCUT2D eigenvalue weighted by Crippen LogP contribution is -2.40. The molecule has 4 rings (SSSR count). The average molecular weight is 289 g/mol. The van der Waals surface area contributed by atoms with E-state index in [0.29, 0.717) is 28.5 Å². The molecule has 3 aliphatic heterocycles. The Morgan fingerprint density at radius 2 is 2.05 bits per heavy atom. The number of amides is 2. The number of oxime groups is 1. The minimum absolute atomic E-state index is 0.0913. The maximum Gasteiger partial charge on any atom is 0.257 e. The minimum Gasteiger partial charge on any atom is -0.454 e. The normalized spacial score (nSPS) is 24.7. The van der Waals surface area contributed by atoms with Crippen molar-refractivity contribution in [1.29, 1.82) is 0 Å². The van der Waals surface area contributed by atoms with E-state index in [-0.39, 0.29) is 31.6 Å². The second-order valence-electron chi connectivity index (χ2n) is 5.06. The van der Waals surface area contributed by atoms with Crippen LogP contribution >= 0.6 is 0 Å². The van der Waals surface area contributed by atoms with Crippen LogP contribution in [0.2, 0.25) is 0 Å². The van der Waals surface area contributed by atoms with Crippen molar-refractivity contribution in [2.75, 3.05) is 18.7 Å². The van der Waals surface area contributed by atoms with Crippen LogP contribution in [0.25, 0.3) is 0 Å². The van der Waals surface area contributed by atoms with Gasteiger partial charge in [-0.3, -0.25) is 9.59 Å². The fourth-order valence-corrected chi connectivity index (χ4v) is 2.82. The van der Waals surface area contributed by atoms with Crippen molar-refractivity contribution < 1.29 is 24.3 Å². The van der Waals surface area contributed by atoms with Crippen LogP contribution in [0.5, 0.6) is 11.5 Å². The predicted molar refractivity (Wildman–Crippen MR) is 69.9 cm³/mol. The summed E-state index contributed by atoms with van der Waals surface area (Å²) < 4.78 is 10.5. The van der Waals surface area contributed by atoms with E-state index < -0.39 is 6.04 Å². The van der Waals surface area contributed by atoms with Crippen LogP contribution in [0.3, 0.4) is 0 Å². The highest BCUT2D eigenvalue weighted by molar-refractivity contribution is 6.14. The summed E-state index contributed by atoms with van der Waals surface area (Å²) in [5.74, 6) is 0.372. The number of anilines is 1. The van der Waals surface area contributed by atoms with E-state index in [0.717, 1.165) is 0 Å². The molecular formula is C13H11N3O5. The summed E-state index contributed by atoms with van der Waals surface area (Å²) in [6, 6.07) is 2.50. The standard InChI is InChI=1S/C13H11N3O5/c17-12-9-1-6(15-19)4-16(9)13(18)7-2-10-11(21-5-20-10)3-8(7)14-12/h2-3,9,19H,1,4-5H2,(H,14,17)/b15-6-/t9-/m1/s1. The van der Waals surface area contributed by atoms with Gasteiger partial charge in [0.15, 0.2) is 11.5 Å². The van der Waals surface area contributed by atoms with Crippen molar-refractivity contribution in [3.8, 4) is 11.5 Å². The Labute approximate surface area is 118 Å². The summed E-state index contributed by atoms with van der Waals surface area (Å²) >= 11 is 0. The number of rotatable bonds is 0. The van der Waals surface area contributed by atoms with Gasteiger partial charge in [-0.15, -0.1) is 0 Å². The molecule has 1 aromatic carbocycles. The molecule has 0 unspecified atom stereocenters. The van der Waals surface area contributed by atoms with E-state index in [9.17, 15) is 9.59 Å². The van der Waals surface area contributed by atoms with Gasteiger partial charge in [-0.2, -0.15) is 0 Å². The van der Waals surface area contributed by atoms with Gasteiger partial charge in [0.05, 0.1) is 23.5 Å². The van der Waals surface area contributed by atoms with Crippen molar-refractivity contribution >= 4 is 23.2 Å². The van der Waals surface area contributed by atoms with Gasteiger partial charge >= 0.3 is 0 Å². The largest absolute Gasteiger partial charge is 0.454 e. The molecule has 2 amide bonds. The maximum atomic E-state index is 12.6. The van der Waals surface area contributed by atoms with Gasteiger partial charge in [0, 0.05) is 12.5 Å². The van der Waals surface area contributed by atoms with Crippen LogP contribution in [0, 0.1) is 0 Å². The lowest BCUT2D eigenvalue weighted by molar-refractivity contribution is -0.119. The Hall–Kier alpha value is -2.77. The SMILES string of the molecule is O=C1Nc2cc3c(cc2C(=O)N2C/C(=N\O)C[C@H]12)OCO3. The van der Waals surface area contributed by atoms with Crippen LogP contribution < -0.4 is 14.8 Å². The van der Waals surface area contributed by atoms with E-state index in [2.05, 4.69) is 10.5 Å². The number of hydrogen-bond acceptors (Lipinski definition) is 6. The van der Waals surface area contributed by atoms with Gasteiger partial charge in [0.2, 0.25) is 12.7 Å². The first-order chi connectivity index (χ1) is 10.2. The fourth-order valence-electron chi connectivity index (χ4n) is 2.82. The van der Waals surface area contributed by atoms with Crippen LogP contribution in [0.4, 0.5) is 5.69 Å². The number of carbonyl (C=O) groups is 2. The number of nitrogens with one attached hydrogen (secondary N) is 1. The zero-order valence-electron chi connectivity index (χ0n) is 10.8. The molecule has 3 heterocycles. The molecule has 0 radical (unpaired) electrons. The quantitative estimate of drug-likeness (QED) is 0.532. The van der Waals surface area contributed by atoms with Gasteiger partial charge in [-0.25, -0.2) is 0 Å². The molecule has 0 saturated carbocycles. The molecule has 0 spiro atoms. The third-order valence-electron chi connectivity index (χ3n) is 3.86. The molecular weight excluding hydrogens is 278 g/mol. The summed E-state index contributed by atoms with van der Waals surface area (Å²) in [5.41, 5.74) is 1.16. The molecule has 8 nitrogen and oxygen atoms in total. The first-order valence-electron chi connectivity index (χ1n) is 6.42. The lowest BCUT2D eigenvalue weighted by Gasteiger charge is -2.19. The number of hydrogen-bond donors (Lipinski definition) is 2. The summed E-state index contributed by atoms with van der Waals surface area (Å²) in [6.07, 6.45) is 0.231. The molecule has 0 aliphatic carbocycles. The van der Waals surface area contributed by atoms with Crippen LogP contribution in [0.15, 0.2) is 17.3 Å². The van der Waals surface area contributed by atoms with Crippen molar-refractivity contribution in [1.82, 2.24) is 4.90 Å². The molecule has 8 heteroatoms. The highest BCUT2D eigenvalue weighted by Crippen LogP contribution is 2.39. The first kappa shape index (κ1) is 12.0. The smallest absolute Gasteiger partial charge is 0.257 e. The fraction of sp³-hybridized carbons (Fsp3) is 0.308. The number of fused-ring (bicyclic) bond motifs is 3. The Balaban J connectivity index is 1.82. The van der Waals surface area contributed by atoms with E-state index in [1.165, 1.54) is 4.90 Å². The second kappa shape index (κ2) is 4.11. The highest BCUT2D eigenvalue weighted by atomic mass is 16.7. The minimum atomic E-state index is -0.660. The first-order valence-corrected chi connectivity index (χ1v) is 6.42. The van der Waals surface area contributed by atoms with Crippen molar-refractivity contribution in [3.63, 3.8) is 0 Å². The third-order valence-corrected chi connectivity index (χ3v) is 3.86. The van der Waals surface area contributed by atoms with E-state index in [1.807, 2.05) is 0 Å². The summed E-state index contributed by atoms with van der Waals surface area (Å²) in [5, 5.41) is 14.7. The molecule has 21 heavy (non-hydrogen) atoms. The van der Waals surface area contributed by atoms with Gasteiger partial charge in [-0.1, -0.05) is 5.16 Å². The molecule has 2 N–H and O–H groups in total. The van der Waals surface area contributed by atoms with Crippen molar-refractivity contribution in [2.24, 2.45) is 5.16 Å². The number of ether oxygens (including phenoxy) is 2. The Morgan fingerprint density at radius 1 is 1.29 bits per heavy atom. The molecule has 1 atom stereocenters. The summed E-state index contributed by atoms with van der Waals surface area (Å²) in [4.78, 5) is 26.3. The van der Waals surface area contributed by atoms with E-state index >= 15 is 0 Å². The van der Waals surface area contributed by atoms with Crippen molar-refractivity contribution in [2.45, 2.75) is 12.5 Å². The molecule has 0 aromatic heterocycles. The second-order valence-corrected chi connectivity index (χ2v) is 5.06. The molecule has 1 aromatic rings.